The molecule has 0 unspecified atom stereocenters. The van der Waals surface area contributed by atoms with E-state index in [-0.39, 0.29) is 5.71 Å². The molecule has 0 aromatic carbocycles. The Morgan fingerprint density at radius 3 is 2.53 bits per heavy atom. The van der Waals surface area contributed by atoms with Gasteiger partial charge in [-0.25, -0.2) is 4.99 Å². The Labute approximate surface area is 84.2 Å². The Morgan fingerprint density at radius 1 is 1.40 bits per heavy atom. The molecule has 0 aliphatic heterocycles. The lowest BCUT2D eigenvalue weighted by molar-refractivity contribution is -0.0604. The predicted molar refractivity (Wildman–Crippen MR) is 50.2 cm³/mol. The lowest BCUT2D eigenvalue weighted by Crippen LogP contribution is -2.21. The Hall–Kier alpha value is -1.72. The van der Waals surface area contributed by atoms with Crippen LogP contribution in [0.3, 0.4) is 0 Å². The summed E-state index contributed by atoms with van der Waals surface area (Å²) < 4.78 is 35.9. The number of amidine groups is 1. The number of nitrogens with zero attached hydrogens (tertiary/aromatic N) is 2. The van der Waals surface area contributed by atoms with Crippen molar-refractivity contribution in [1.82, 2.24) is 4.98 Å². The molecule has 0 aliphatic rings. The molecule has 0 atom stereocenters. The van der Waals surface area contributed by atoms with Crippen molar-refractivity contribution in [3.8, 4) is 0 Å². The number of rotatable bonds is 1. The lowest BCUT2D eigenvalue weighted by atomic mass is 10.2. The van der Waals surface area contributed by atoms with Gasteiger partial charge in [0, 0.05) is 6.20 Å². The number of pyridine rings is 1. The highest BCUT2D eigenvalue weighted by Crippen LogP contribution is 2.17. The van der Waals surface area contributed by atoms with Crippen molar-refractivity contribution in [3.63, 3.8) is 0 Å². The molecular weight excluding hydrogens is 207 g/mol. The molecule has 1 N–H and O–H groups in total. The van der Waals surface area contributed by atoms with Gasteiger partial charge < -0.3 is 0 Å². The van der Waals surface area contributed by atoms with Crippen molar-refractivity contribution < 1.29 is 13.2 Å². The fourth-order valence-corrected chi connectivity index (χ4v) is 0.865. The fourth-order valence-electron chi connectivity index (χ4n) is 0.865. The van der Waals surface area contributed by atoms with Gasteiger partial charge in [0.05, 0.1) is 11.4 Å². The van der Waals surface area contributed by atoms with Crippen LogP contribution in [-0.2, 0) is 0 Å². The van der Waals surface area contributed by atoms with Crippen molar-refractivity contribution in [3.05, 3.63) is 30.1 Å². The minimum absolute atomic E-state index is 0.0675. The number of halogens is 3. The van der Waals surface area contributed by atoms with Crippen LogP contribution in [0.1, 0.15) is 12.6 Å². The molecule has 0 bridgehead atoms. The zero-order valence-corrected chi connectivity index (χ0v) is 7.84. The summed E-state index contributed by atoms with van der Waals surface area (Å²) in [6.07, 6.45) is -3.26. The van der Waals surface area contributed by atoms with E-state index in [4.69, 9.17) is 5.41 Å². The average Bonchev–Trinajstić information content (AvgIpc) is 2.17. The Bertz CT molecular complexity index is 381. The Kier molecular flexibility index (Phi) is 3.18. The first-order chi connectivity index (χ1) is 6.91. The molecule has 15 heavy (non-hydrogen) atoms. The number of hydrogen-bond donors (Lipinski definition) is 1. The molecule has 0 aliphatic carbocycles. The second kappa shape index (κ2) is 4.20. The molecule has 1 heterocycles. The molecule has 0 saturated carbocycles. The van der Waals surface area contributed by atoms with Gasteiger partial charge in [-0.2, -0.15) is 13.2 Å². The second-order valence-electron chi connectivity index (χ2n) is 2.76. The highest BCUT2D eigenvalue weighted by Gasteiger charge is 2.34. The van der Waals surface area contributed by atoms with E-state index in [1.165, 1.54) is 19.2 Å². The lowest BCUT2D eigenvalue weighted by Gasteiger charge is -2.04. The van der Waals surface area contributed by atoms with Crippen LogP contribution in [0.15, 0.2) is 29.4 Å². The zero-order valence-electron chi connectivity index (χ0n) is 7.84. The summed E-state index contributed by atoms with van der Waals surface area (Å²) in [6.45, 7) is 1.38. The maximum atomic E-state index is 12.0. The van der Waals surface area contributed by atoms with Crippen LogP contribution in [-0.4, -0.2) is 22.7 Å². The van der Waals surface area contributed by atoms with E-state index in [0.29, 0.717) is 5.69 Å². The number of nitrogens with one attached hydrogen (secondary N) is 1. The van der Waals surface area contributed by atoms with Crippen LogP contribution in [0.4, 0.5) is 13.2 Å². The van der Waals surface area contributed by atoms with Gasteiger partial charge in [0.25, 0.3) is 0 Å². The van der Waals surface area contributed by atoms with E-state index in [0.717, 1.165) is 0 Å². The summed E-state index contributed by atoms with van der Waals surface area (Å²) in [5.74, 6) is -1.62. The first kappa shape index (κ1) is 11.4. The first-order valence-electron chi connectivity index (χ1n) is 4.03. The van der Waals surface area contributed by atoms with Gasteiger partial charge in [0.2, 0.25) is 5.84 Å². The molecular formula is C9H8F3N3. The number of aliphatic imine (C=N–C) groups is 1. The fraction of sp³-hybridized carbons (Fsp3) is 0.222. The Morgan fingerprint density at radius 2 is 2.07 bits per heavy atom. The third-order valence-corrected chi connectivity index (χ3v) is 1.58. The summed E-state index contributed by atoms with van der Waals surface area (Å²) >= 11 is 0. The quantitative estimate of drug-likeness (QED) is 0.567. The minimum atomic E-state index is -4.71. The summed E-state index contributed by atoms with van der Waals surface area (Å²) in [7, 11) is 0. The van der Waals surface area contributed by atoms with Crippen molar-refractivity contribution in [2.75, 3.05) is 0 Å². The highest BCUT2D eigenvalue weighted by atomic mass is 19.4. The Balaban J connectivity index is 2.91. The van der Waals surface area contributed by atoms with Gasteiger partial charge in [-0.3, -0.25) is 10.4 Å². The first-order valence-corrected chi connectivity index (χ1v) is 4.03. The molecule has 3 nitrogen and oxygen atoms in total. The molecule has 1 rings (SSSR count). The zero-order chi connectivity index (χ0) is 11.5. The monoisotopic (exact) mass is 215 g/mol. The summed E-state index contributed by atoms with van der Waals surface area (Å²) in [5, 5.41) is 6.68. The van der Waals surface area contributed by atoms with Crippen molar-refractivity contribution in [2.45, 2.75) is 13.1 Å². The van der Waals surface area contributed by atoms with Gasteiger partial charge in [-0.15, -0.1) is 0 Å². The predicted octanol–water partition coefficient (Wildman–Crippen LogP) is 2.43. The van der Waals surface area contributed by atoms with Crippen LogP contribution >= 0.6 is 0 Å². The van der Waals surface area contributed by atoms with Crippen LogP contribution < -0.4 is 0 Å². The van der Waals surface area contributed by atoms with E-state index in [1.54, 1.807) is 12.1 Å². The van der Waals surface area contributed by atoms with Crippen LogP contribution in [0, 0.1) is 5.41 Å². The van der Waals surface area contributed by atoms with Crippen molar-refractivity contribution >= 4 is 11.5 Å². The maximum absolute atomic E-state index is 12.0. The molecule has 0 radical (unpaired) electrons. The maximum Gasteiger partial charge on any atom is 0.450 e. The smallest absolute Gasteiger partial charge is 0.279 e. The largest absolute Gasteiger partial charge is 0.450 e. The molecule has 0 saturated heterocycles. The molecule has 0 amide bonds. The molecule has 0 fully saturated rings. The van der Waals surface area contributed by atoms with Gasteiger partial charge in [0.1, 0.15) is 0 Å². The van der Waals surface area contributed by atoms with Crippen molar-refractivity contribution in [1.29, 1.82) is 5.41 Å². The molecule has 0 spiro atoms. The third kappa shape index (κ3) is 3.16. The number of hydrogen-bond acceptors (Lipinski definition) is 2. The summed E-state index contributed by atoms with van der Waals surface area (Å²) in [5.41, 5.74) is 0.393. The second-order valence-corrected chi connectivity index (χ2v) is 2.76. The summed E-state index contributed by atoms with van der Waals surface area (Å²) in [4.78, 5) is 6.95. The van der Waals surface area contributed by atoms with E-state index < -0.39 is 12.0 Å². The van der Waals surface area contributed by atoms with Gasteiger partial charge >= 0.3 is 6.18 Å². The standard InChI is InChI=1S/C9H8F3N3/c1-6(7-4-2-3-5-14-7)15-8(13)9(10,11)12/h2-5,13H,1H3. The third-order valence-electron chi connectivity index (χ3n) is 1.58. The molecule has 1 aromatic rings. The summed E-state index contributed by atoms with van der Waals surface area (Å²) in [6, 6.07) is 4.81. The molecule has 80 valence electrons. The van der Waals surface area contributed by atoms with E-state index in [9.17, 15) is 13.2 Å². The van der Waals surface area contributed by atoms with Crippen LogP contribution in [0.25, 0.3) is 0 Å². The normalized spacial score (nSPS) is 12.7. The van der Waals surface area contributed by atoms with Gasteiger partial charge in [-0.05, 0) is 19.1 Å². The van der Waals surface area contributed by atoms with Gasteiger partial charge in [-0.1, -0.05) is 6.07 Å². The topological polar surface area (TPSA) is 49.1 Å². The highest BCUT2D eigenvalue weighted by molar-refractivity contribution is 6.05. The van der Waals surface area contributed by atoms with Crippen LogP contribution in [0.5, 0.6) is 0 Å². The average molecular weight is 215 g/mol. The molecule has 1 aromatic heterocycles. The molecule has 6 heteroatoms. The van der Waals surface area contributed by atoms with Crippen molar-refractivity contribution in [2.24, 2.45) is 4.99 Å². The minimum Gasteiger partial charge on any atom is -0.279 e. The van der Waals surface area contributed by atoms with E-state index in [1.807, 2.05) is 0 Å². The van der Waals surface area contributed by atoms with Gasteiger partial charge in [0.15, 0.2) is 0 Å². The number of aromatic nitrogens is 1. The van der Waals surface area contributed by atoms with Crippen LogP contribution in [0.2, 0.25) is 0 Å². The SMILES string of the molecule is CC(=NC(=N)C(F)(F)F)c1ccccn1. The van der Waals surface area contributed by atoms with E-state index in [2.05, 4.69) is 9.98 Å². The van der Waals surface area contributed by atoms with E-state index >= 15 is 0 Å². The number of alkyl halides is 3.